The second-order valence-electron chi connectivity index (χ2n) is 6.41. The van der Waals surface area contributed by atoms with Crippen LogP contribution in [0.25, 0.3) is 0 Å². The van der Waals surface area contributed by atoms with Crippen LogP contribution < -0.4 is 11.1 Å². The van der Waals surface area contributed by atoms with Gasteiger partial charge < -0.3 is 15.8 Å². The van der Waals surface area contributed by atoms with E-state index in [1.54, 1.807) is 6.20 Å². The van der Waals surface area contributed by atoms with Gasteiger partial charge in [0, 0.05) is 12.2 Å². The number of nitrogens with two attached hydrogens (primary N) is 1. The SMILES string of the molecule is CC(C)(C)OC(=O)NC1CCC(n2cc(N)cn2)CC1. The highest BCUT2D eigenvalue weighted by atomic mass is 16.6. The first kappa shape index (κ1) is 14.7. The molecular weight excluding hydrogens is 256 g/mol. The van der Waals surface area contributed by atoms with E-state index in [2.05, 4.69) is 10.4 Å². The number of nitrogen functional groups attached to an aromatic ring is 1. The smallest absolute Gasteiger partial charge is 0.407 e. The summed E-state index contributed by atoms with van der Waals surface area (Å²) in [6.07, 6.45) is 7.05. The Morgan fingerprint density at radius 1 is 1.40 bits per heavy atom. The van der Waals surface area contributed by atoms with Crippen LogP contribution in [0.4, 0.5) is 10.5 Å². The average Bonchev–Trinajstić information content (AvgIpc) is 2.74. The number of ether oxygens (including phenoxy) is 1. The zero-order chi connectivity index (χ0) is 14.8. The molecule has 0 aliphatic heterocycles. The molecule has 6 heteroatoms. The van der Waals surface area contributed by atoms with Gasteiger partial charge in [-0.2, -0.15) is 5.10 Å². The average molecular weight is 280 g/mol. The Morgan fingerprint density at radius 2 is 2.05 bits per heavy atom. The molecule has 0 atom stereocenters. The first-order valence-electron chi connectivity index (χ1n) is 7.12. The largest absolute Gasteiger partial charge is 0.444 e. The van der Waals surface area contributed by atoms with Gasteiger partial charge in [-0.15, -0.1) is 0 Å². The van der Waals surface area contributed by atoms with Gasteiger partial charge in [0.05, 0.1) is 17.9 Å². The molecule has 0 saturated heterocycles. The molecule has 1 heterocycles. The molecule has 0 spiro atoms. The molecule has 0 bridgehead atoms. The van der Waals surface area contributed by atoms with Crippen molar-refractivity contribution in [2.24, 2.45) is 0 Å². The lowest BCUT2D eigenvalue weighted by atomic mass is 9.91. The fourth-order valence-electron chi connectivity index (χ4n) is 2.51. The molecule has 0 radical (unpaired) electrons. The molecule has 1 saturated carbocycles. The lowest BCUT2D eigenvalue weighted by Crippen LogP contribution is -2.41. The number of rotatable bonds is 2. The van der Waals surface area contributed by atoms with Crippen molar-refractivity contribution in [1.29, 1.82) is 0 Å². The van der Waals surface area contributed by atoms with E-state index in [-0.39, 0.29) is 12.1 Å². The van der Waals surface area contributed by atoms with Crippen LogP contribution in [0.3, 0.4) is 0 Å². The summed E-state index contributed by atoms with van der Waals surface area (Å²) in [5, 5.41) is 7.19. The lowest BCUT2D eigenvalue weighted by Gasteiger charge is -2.30. The molecule has 1 aromatic heterocycles. The quantitative estimate of drug-likeness (QED) is 0.872. The second-order valence-corrected chi connectivity index (χ2v) is 6.41. The summed E-state index contributed by atoms with van der Waals surface area (Å²) < 4.78 is 7.20. The van der Waals surface area contributed by atoms with Gasteiger partial charge in [0.2, 0.25) is 0 Å². The van der Waals surface area contributed by atoms with Gasteiger partial charge in [-0.25, -0.2) is 4.79 Å². The number of aromatic nitrogens is 2. The van der Waals surface area contributed by atoms with Crippen molar-refractivity contribution in [3.05, 3.63) is 12.4 Å². The van der Waals surface area contributed by atoms with E-state index in [0.717, 1.165) is 25.7 Å². The highest BCUT2D eigenvalue weighted by Gasteiger charge is 2.25. The minimum absolute atomic E-state index is 0.189. The zero-order valence-electron chi connectivity index (χ0n) is 12.4. The van der Waals surface area contributed by atoms with E-state index in [4.69, 9.17) is 10.5 Å². The summed E-state index contributed by atoms with van der Waals surface area (Å²) in [5.74, 6) is 0. The van der Waals surface area contributed by atoms with Crippen molar-refractivity contribution in [2.75, 3.05) is 5.73 Å². The molecule has 1 aliphatic rings. The topological polar surface area (TPSA) is 82.2 Å². The van der Waals surface area contributed by atoms with E-state index >= 15 is 0 Å². The number of carbonyl (C=O) groups is 1. The van der Waals surface area contributed by atoms with Crippen molar-refractivity contribution < 1.29 is 9.53 Å². The van der Waals surface area contributed by atoms with E-state index < -0.39 is 5.60 Å². The highest BCUT2D eigenvalue weighted by Crippen LogP contribution is 2.28. The minimum Gasteiger partial charge on any atom is -0.444 e. The Hall–Kier alpha value is -1.72. The van der Waals surface area contributed by atoms with Crippen LogP contribution in [-0.4, -0.2) is 27.5 Å². The Balaban J connectivity index is 1.78. The summed E-state index contributed by atoms with van der Waals surface area (Å²) in [6.45, 7) is 5.60. The van der Waals surface area contributed by atoms with Crippen molar-refractivity contribution in [3.63, 3.8) is 0 Å². The molecule has 112 valence electrons. The van der Waals surface area contributed by atoms with Gasteiger partial charge in [0.1, 0.15) is 5.60 Å². The molecule has 2 rings (SSSR count). The monoisotopic (exact) mass is 280 g/mol. The molecule has 1 aliphatic carbocycles. The van der Waals surface area contributed by atoms with Crippen LogP contribution in [0.15, 0.2) is 12.4 Å². The highest BCUT2D eigenvalue weighted by molar-refractivity contribution is 5.68. The van der Waals surface area contributed by atoms with Gasteiger partial charge in [-0.05, 0) is 46.5 Å². The summed E-state index contributed by atoms with van der Waals surface area (Å²) >= 11 is 0. The maximum Gasteiger partial charge on any atom is 0.407 e. The molecule has 6 nitrogen and oxygen atoms in total. The van der Waals surface area contributed by atoms with Crippen molar-refractivity contribution in [1.82, 2.24) is 15.1 Å². The third-order valence-corrected chi connectivity index (χ3v) is 3.41. The van der Waals surface area contributed by atoms with Crippen molar-refractivity contribution in [2.45, 2.75) is 64.1 Å². The number of amides is 1. The van der Waals surface area contributed by atoms with Gasteiger partial charge in [-0.3, -0.25) is 4.68 Å². The Labute approximate surface area is 119 Å². The van der Waals surface area contributed by atoms with E-state index in [0.29, 0.717) is 11.7 Å². The number of hydrogen-bond donors (Lipinski definition) is 2. The fraction of sp³-hybridized carbons (Fsp3) is 0.714. The number of hydrogen-bond acceptors (Lipinski definition) is 4. The molecule has 20 heavy (non-hydrogen) atoms. The molecule has 0 aromatic carbocycles. The Kier molecular flexibility index (Phi) is 4.20. The molecule has 1 fully saturated rings. The standard InChI is InChI=1S/C14H24N4O2/c1-14(2,3)20-13(19)17-11-4-6-12(7-5-11)18-9-10(15)8-16-18/h8-9,11-12H,4-7,15H2,1-3H3,(H,17,19). The van der Waals surface area contributed by atoms with Gasteiger partial charge in [-0.1, -0.05) is 0 Å². The Bertz CT molecular complexity index is 456. The van der Waals surface area contributed by atoms with Gasteiger partial charge in [0.25, 0.3) is 0 Å². The molecule has 0 unspecified atom stereocenters. The number of anilines is 1. The summed E-state index contributed by atoms with van der Waals surface area (Å²) in [7, 11) is 0. The molecular formula is C14H24N4O2. The maximum atomic E-state index is 11.7. The number of nitrogens with zero attached hydrogens (tertiary/aromatic N) is 2. The normalized spacial score (nSPS) is 23.4. The van der Waals surface area contributed by atoms with Gasteiger partial charge >= 0.3 is 6.09 Å². The fourth-order valence-corrected chi connectivity index (χ4v) is 2.51. The summed E-state index contributed by atoms with van der Waals surface area (Å²) in [5.41, 5.74) is 5.92. The van der Waals surface area contributed by atoms with Crippen LogP contribution in [0.1, 0.15) is 52.5 Å². The lowest BCUT2D eigenvalue weighted by molar-refractivity contribution is 0.0487. The van der Waals surface area contributed by atoms with E-state index in [9.17, 15) is 4.79 Å². The van der Waals surface area contributed by atoms with Crippen LogP contribution >= 0.6 is 0 Å². The van der Waals surface area contributed by atoms with Crippen LogP contribution in [0.5, 0.6) is 0 Å². The summed E-state index contributed by atoms with van der Waals surface area (Å²) in [6, 6.07) is 0.568. The van der Waals surface area contributed by atoms with Crippen molar-refractivity contribution in [3.8, 4) is 0 Å². The zero-order valence-corrected chi connectivity index (χ0v) is 12.4. The third-order valence-electron chi connectivity index (χ3n) is 3.41. The van der Waals surface area contributed by atoms with Crippen LogP contribution in [0, 0.1) is 0 Å². The number of alkyl carbamates (subject to hydrolysis) is 1. The maximum absolute atomic E-state index is 11.7. The minimum atomic E-state index is -0.451. The number of nitrogens with one attached hydrogen (secondary N) is 1. The van der Waals surface area contributed by atoms with Gasteiger partial charge in [0.15, 0.2) is 0 Å². The third kappa shape index (κ3) is 4.15. The second kappa shape index (κ2) is 5.73. The first-order chi connectivity index (χ1) is 9.33. The molecule has 1 amide bonds. The predicted octanol–water partition coefficient (Wildman–Crippen LogP) is 2.47. The van der Waals surface area contributed by atoms with E-state index in [1.807, 2.05) is 31.6 Å². The van der Waals surface area contributed by atoms with E-state index in [1.165, 1.54) is 0 Å². The Morgan fingerprint density at radius 3 is 2.55 bits per heavy atom. The molecule has 1 aromatic rings. The summed E-state index contributed by atoms with van der Waals surface area (Å²) in [4.78, 5) is 11.7. The van der Waals surface area contributed by atoms with Crippen LogP contribution in [0.2, 0.25) is 0 Å². The molecule has 3 N–H and O–H groups in total. The van der Waals surface area contributed by atoms with Crippen molar-refractivity contribution >= 4 is 11.8 Å². The number of carbonyl (C=O) groups excluding carboxylic acids is 1. The predicted molar refractivity (Wildman–Crippen MR) is 77.3 cm³/mol. The van der Waals surface area contributed by atoms with Crippen LogP contribution in [-0.2, 0) is 4.74 Å². The first-order valence-corrected chi connectivity index (χ1v) is 7.12.